The summed E-state index contributed by atoms with van der Waals surface area (Å²) in [6.45, 7) is 3.89. The fourth-order valence-electron chi connectivity index (χ4n) is 1.61. The third-order valence-corrected chi connectivity index (χ3v) is 2.30. The fourth-order valence-corrected chi connectivity index (χ4v) is 1.61. The first-order valence-corrected chi connectivity index (χ1v) is 4.09. The van der Waals surface area contributed by atoms with Crippen LogP contribution in [0.1, 0.15) is 32.1 Å². The Bertz CT molecular complexity index is 172. The quantitative estimate of drug-likeness (QED) is 0.619. The highest BCUT2D eigenvalue weighted by Crippen LogP contribution is 2.30. The normalized spacial score (nSPS) is 25.1. The Labute approximate surface area is 66.9 Å². The van der Waals surface area contributed by atoms with Gasteiger partial charge in [0.05, 0.1) is 6.42 Å². The Morgan fingerprint density at radius 1 is 1.64 bits per heavy atom. The van der Waals surface area contributed by atoms with Crippen LogP contribution in [0, 0.1) is 5.92 Å². The molecule has 0 saturated heterocycles. The van der Waals surface area contributed by atoms with E-state index in [4.69, 9.17) is 5.11 Å². The van der Waals surface area contributed by atoms with E-state index in [2.05, 4.69) is 6.58 Å². The summed E-state index contributed by atoms with van der Waals surface area (Å²) in [4.78, 5) is 10.4. The monoisotopic (exact) mass is 154 g/mol. The minimum Gasteiger partial charge on any atom is -0.481 e. The topological polar surface area (TPSA) is 37.3 Å². The van der Waals surface area contributed by atoms with Crippen molar-refractivity contribution in [3.63, 3.8) is 0 Å². The Morgan fingerprint density at radius 3 is 2.91 bits per heavy atom. The first-order valence-electron chi connectivity index (χ1n) is 4.09. The minimum absolute atomic E-state index is 0.251. The van der Waals surface area contributed by atoms with E-state index >= 15 is 0 Å². The average molecular weight is 154 g/mol. The van der Waals surface area contributed by atoms with Crippen LogP contribution < -0.4 is 0 Å². The molecule has 0 radical (unpaired) electrons. The molecule has 0 bridgehead atoms. The Hall–Kier alpha value is -0.790. The number of allylic oxidation sites excluding steroid dienone is 1. The SMILES string of the molecule is C=C1CCCCC1CC(=O)O. The van der Waals surface area contributed by atoms with Crippen LogP contribution in [-0.4, -0.2) is 11.1 Å². The zero-order chi connectivity index (χ0) is 8.27. The van der Waals surface area contributed by atoms with Crippen molar-refractivity contribution in [1.29, 1.82) is 0 Å². The van der Waals surface area contributed by atoms with E-state index in [9.17, 15) is 4.79 Å². The van der Waals surface area contributed by atoms with Crippen molar-refractivity contribution >= 4 is 5.97 Å². The highest BCUT2D eigenvalue weighted by atomic mass is 16.4. The van der Waals surface area contributed by atoms with Crippen molar-refractivity contribution in [3.05, 3.63) is 12.2 Å². The predicted molar refractivity (Wildman–Crippen MR) is 43.4 cm³/mol. The molecule has 0 aromatic rings. The molecule has 2 heteroatoms. The molecule has 2 nitrogen and oxygen atoms in total. The molecule has 1 aliphatic rings. The van der Waals surface area contributed by atoms with E-state index in [0.29, 0.717) is 0 Å². The summed E-state index contributed by atoms with van der Waals surface area (Å²) >= 11 is 0. The van der Waals surface area contributed by atoms with Gasteiger partial charge in [-0.2, -0.15) is 0 Å². The smallest absolute Gasteiger partial charge is 0.303 e. The molecule has 0 aromatic carbocycles. The van der Waals surface area contributed by atoms with E-state index in [1.807, 2.05) is 0 Å². The van der Waals surface area contributed by atoms with Gasteiger partial charge in [-0.05, 0) is 25.2 Å². The Morgan fingerprint density at radius 2 is 2.36 bits per heavy atom. The zero-order valence-electron chi connectivity index (χ0n) is 6.68. The predicted octanol–water partition coefficient (Wildman–Crippen LogP) is 2.21. The van der Waals surface area contributed by atoms with Crippen LogP contribution in [0.4, 0.5) is 0 Å². The van der Waals surface area contributed by atoms with Gasteiger partial charge in [0.25, 0.3) is 0 Å². The van der Waals surface area contributed by atoms with Crippen molar-refractivity contribution in [2.75, 3.05) is 0 Å². The first-order chi connectivity index (χ1) is 5.20. The first kappa shape index (κ1) is 8.31. The van der Waals surface area contributed by atoms with Crippen LogP contribution in [0.25, 0.3) is 0 Å². The van der Waals surface area contributed by atoms with Gasteiger partial charge in [0.15, 0.2) is 0 Å². The second kappa shape index (κ2) is 3.56. The minimum atomic E-state index is -0.696. The molecular formula is C9H14O2. The lowest BCUT2D eigenvalue weighted by molar-refractivity contribution is -0.137. The summed E-state index contributed by atoms with van der Waals surface area (Å²) in [5, 5.41) is 8.54. The van der Waals surface area contributed by atoms with Gasteiger partial charge >= 0.3 is 5.97 Å². The number of carboxylic acid groups (broad SMARTS) is 1. The molecule has 0 spiro atoms. The number of aliphatic carboxylic acids is 1. The van der Waals surface area contributed by atoms with Crippen LogP contribution in [0.5, 0.6) is 0 Å². The summed E-state index contributed by atoms with van der Waals surface area (Å²) in [5.74, 6) is -0.445. The maximum Gasteiger partial charge on any atom is 0.303 e. The molecule has 11 heavy (non-hydrogen) atoms. The molecule has 62 valence electrons. The highest BCUT2D eigenvalue weighted by Gasteiger charge is 2.19. The standard InChI is InChI=1S/C9H14O2/c1-7-4-2-3-5-8(7)6-9(10)11/h8H,1-6H2,(H,10,11). The zero-order valence-corrected chi connectivity index (χ0v) is 6.68. The third-order valence-electron chi connectivity index (χ3n) is 2.30. The maximum atomic E-state index is 10.4. The van der Waals surface area contributed by atoms with Gasteiger partial charge in [0.2, 0.25) is 0 Å². The molecule has 1 aliphatic carbocycles. The molecule has 1 atom stereocenters. The number of carboxylic acids is 1. The Balaban J connectivity index is 2.42. The van der Waals surface area contributed by atoms with Crippen molar-refractivity contribution in [2.24, 2.45) is 5.92 Å². The second-order valence-corrected chi connectivity index (χ2v) is 3.20. The van der Waals surface area contributed by atoms with Crippen LogP contribution >= 0.6 is 0 Å². The van der Waals surface area contributed by atoms with Gasteiger partial charge in [-0.15, -0.1) is 0 Å². The number of carbonyl (C=O) groups is 1. The number of rotatable bonds is 2. The van der Waals surface area contributed by atoms with Crippen LogP contribution in [0.15, 0.2) is 12.2 Å². The summed E-state index contributed by atoms with van der Waals surface area (Å²) in [6, 6.07) is 0. The highest BCUT2D eigenvalue weighted by molar-refractivity contribution is 5.67. The average Bonchev–Trinajstić information content (AvgIpc) is 1.93. The lowest BCUT2D eigenvalue weighted by Crippen LogP contribution is -2.13. The molecule has 1 rings (SSSR count). The lowest BCUT2D eigenvalue weighted by atomic mass is 9.83. The van der Waals surface area contributed by atoms with E-state index in [1.54, 1.807) is 0 Å². The summed E-state index contributed by atoms with van der Waals surface area (Å²) in [5.41, 5.74) is 1.14. The van der Waals surface area contributed by atoms with Gasteiger partial charge in [-0.3, -0.25) is 4.79 Å². The molecule has 0 amide bonds. The summed E-state index contributed by atoms with van der Waals surface area (Å²) in [6.07, 6.45) is 4.67. The molecule has 0 heterocycles. The molecular weight excluding hydrogens is 140 g/mol. The van der Waals surface area contributed by atoms with Gasteiger partial charge in [-0.25, -0.2) is 0 Å². The second-order valence-electron chi connectivity index (χ2n) is 3.20. The molecule has 1 saturated carbocycles. The van der Waals surface area contributed by atoms with Crippen molar-refractivity contribution < 1.29 is 9.90 Å². The Kier molecular flexibility index (Phi) is 2.69. The summed E-state index contributed by atoms with van der Waals surface area (Å²) < 4.78 is 0. The summed E-state index contributed by atoms with van der Waals surface area (Å²) in [7, 11) is 0. The molecule has 1 unspecified atom stereocenters. The van der Waals surface area contributed by atoms with Gasteiger partial charge in [0.1, 0.15) is 0 Å². The molecule has 0 aromatic heterocycles. The van der Waals surface area contributed by atoms with Gasteiger partial charge in [-0.1, -0.05) is 18.6 Å². The molecule has 0 aliphatic heterocycles. The van der Waals surface area contributed by atoms with Crippen molar-refractivity contribution in [1.82, 2.24) is 0 Å². The third kappa shape index (κ3) is 2.37. The van der Waals surface area contributed by atoms with E-state index in [-0.39, 0.29) is 12.3 Å². The molecule has 1 fully saturated rings. The van der Waals surface area contributed by atoms with Crippen LogP contribution in [-0.2, 0) is 4.79 Å². The van der Waals surface area contributed by atoms with Gasteiger partial charge in [0, 0.05) is 0 Å². The number of hydrogen-bond donors (Lipinski definition) is 1. The number of hydrogen-bond acceptors (Lipinski definition) is 1. The van der Waals surface area contributed by atoms with Gasteiger partial charge < -0.3 is 5.11 Å². The molecule has 1 N–H and O–H groups in total. The fraction of sp³-hybridized carbons (Fsp3) is 0.667. The van der Waals surface area contributed by atoms with Crippen LogP contribution in [0.2, 0.25) is 0 Å². The van der Waals surface area contributed by atoms with Crippen molar-refractivity contribution in [2.45, 2.75) is 32.1 Å². The largest absolute Gasteiger partial charge is 0.481 e. The lowest BCUT2D eigenvalue weighted by Gasteiger charge is -2.22. The maximum absolute atomic E-state index is 10.4. The van der Waals surface area contributed by atoms with E-state index in [0.717, 1.165) is 24.8 Å². The van der Waals surface area contributed by atoms with Crippen LogP contribution in [0.3, 0.4) is 0 Å². The van der Waals surface area contributed by atoms with E-state index in [1.165, 1.54) is 6.42 Å². The van der Waals surface area contributed by atoms with Crippen molar-refractivity contribution in [3.8, 4) is 0 Å². The van der Waals surface area contributed by atoms with E-state index < -0.39 is 5.97 Å².